The van der Waals surface area contributed by atoms with Gasteiger partial charge in [-0.3, -0.25) is 0 Å². The smallest absolute Gasteiger partial charge is 0.146 e. The zero-order valence-electron chi connectivity index (χ0n) is 13.5. The van der Waals surface area contributed by atoms with Crippen molar-refractivity contribution in [1.82, 2.24) is 0 Å². The van der Waals surface area contributed by atoms with Crippen molar-refractivity contribution in [3.05, 3.63) is 36.1 Å². The van der Waals surface area contributed by atoms with Crippen molar-refractivity contribution in [3.63, 3.8) is 0 Å². The van der Waals surface area contributed by atoms with Crippen LogP contribution in [-0.4, -0.2) is 0 Å². The van der Waals surface area contributed by atoms with Crippen LogP contribution in [0.15, 0.2) is 36.1 Å². The highest BCUT2D eigenvalue weighted by atomic mass is 16.5. The van der Waals surface area contributed by atoms with E-state index < -0.39 is 0 Å². The highest BCUT2D eigenvalue weighted by Gasteiger charge is 2.19. The average molecular weight is 286 g/mol. The molecule has 0 heterocycles. The predicted octanol–water partition coefficient (Wildman–Crippen LogP) is 6.28. The van der Waals surface area contributed by atoms with Gasteiger partial charge in [0.1, 0.15) is 11.5 Å². The van der Waals surface area contributed by atoms with Crippen LogP contribution < -0.4 is 0 Å². The molecule has 0 atom stereocenters. The molecule has 0 spiro atoms. The Bertz CT molecular complexity index is 369. The molecule has 0 aromatic heterocycles. The van der Waals surface area contributed by atoms with Crippen molar-refractivity contribution in [2.75, 3.05) is 0 Å². The van der Waals surface area contributed by atoms with Crippen molar-refractivity contribution < 1.29 is 4.74 Å². The first-order valence-corrected chi connectivity index (χ1v) is 8.77. The second-order valence-electron chi connectivity index (χ2n) is 6.72. The number of hydrogen-bond donors (Lipinski definition) is 0. The first kappa shape index (κ1) is 16.2. The molecule has 2 aliphatic carbocycles. The minimum Gasteiger partial charge on any atom is -0.450 e. The summed E-state index contributed by atoms with van der Waals surface area (Å²) in [4.78, 5) is 0. The normalized spacial score (nSPS) is 20.4. The monoisotopic (exact) mass is 286 g/mol. The third-order valence-corrected chi connectivity index (χ3v) is 5.04. The lowest BCUT2D eigenvalue weighted by molar-refractivity contribution is 0.221. The number of allylic oxidation sites excluding steroid dienone is 2. The molecule has 0 N–H and O–H groups in total. The summed E-state index contributed by atoms with van der Waals surface area (Å²) in [5.41, 5.74) is 6.01. The maximum Gasteiger partial charge on any atom is 0.146 e. The van der Waals surface area contributed by atoms with Crippen molar-refractivity contribution in [2.24, 2.45) is 11.8 Å². The van der Waals surface area contributed by atoms with Crippen LogP contribution in [0.25, 0.3) is 0 Å². The highest BCUT2D eigenvalue weighted by Crippen LogP contribution is 2.32. The topological polar surface area (TPSA) is 9.23 Å². The number of ether oxygens (including phenoxy) is 1. The Balaban J connectivity index is 1.83. The zero-order chi connectivity index (χ0) is 14.9. The second kappa shape index (κ2) is 8.98. The molecule has 21 heavy (non-hydrogen) atoms. The lowest BCUT2D eigenvalue weighted by Gasteiger charge is -2.24. The summed E-state index contributed by atoms with van der Waals surface area (Å²) >= 11 is 0. The summed E-state index contributed by atoms with van der Waals surface area (Å²) in [6.45, 7) is 7.62. The van der Waals surface area contributed by atoms with E-state index in [9.17, 15) is 0 Å². The van der Waals surface area contributed by atoms with Crippen LogP contribution in [0.3, 0.4) is 0 Å². The molecule has 0 aromatic carbocycles. The molecule has 0 radical (unpaired) electrons. The third kappa shape index (κ3) is 5.62. The minimum absolute atomic E-state index is 0.753. The molecule has 2 saturated carbocycles. The Morgan fingerprint density at radius 1 is 0.714 bits per heavy atom. The third-order valence-electron chi connectivity index (χ3n) is 5.04. The van der Waals surface area contributed by atoms with E-state index in [2.05, 4.69) is 24.6 Å². The van der Waals surface area contributed by atoms with Gasteiger partial charge in [-0.25, -0.2) is 0 Å². The molecule has 0 aromatic rings. The fourth-order valence-corrected chi connectivity index (χ4v) is 3.76. The molecule has 2 rings (SSSR count). The molecule has 0 aliphatic heterocycles. The van der Waals surface area contributed by atoms with Crippen molar-refractivity contribution in [3.8, 4) is 0 Å². The molecule has 116 valence electrons. The Kier molecular flexibility index (Phi) is 6.93. The molecule has 2 aliphatic rings. The van der Waals surface area contributed by atoms with E-state index in [0.717, 1.165) is 36.2 Å². The van der Waals surface area contributed by atoms with Crippen molar-refractivity contribution in [2.45, 2.75) is 77.0 Å². The van der Waals surface area contributed by atoms with Gasteiger partial charge in [-0.2, -0.15) is 0 Å². The van der Waals surface area contributed by atoms with Crippen LogP contribution >= 0.6 is 0 Å². The molecular weight excluding hydrogens is 256 g/mol. The number of rotatable bonds is 6. The van der Waals surface area contributed by atoms with Crippen LogP contribution in [0.4, 0.5) is 0 Å². The van der Waals surface area contributed by atoms with Gasteiger partial charge < -0.3 is 4.74 Å². The van der Waals surface area contributed by atoms with Gasteiger partial charge in [0.05, 0.1) is 0 Å². The zero-order valence-corrected chi connectivity index (χ0v) is 13.5. The molecule has 1 heteroatoms. The summed E-state index contributed by atoms with van der Waals surface area (Å²) in [5.74, 6) is 3.32. The predicted molar refractivity (Wildman–Crippen MR) is 88.8 cm³/mol. The quantitative estimate of drug-likeness (QED) is 0.412. The van der Waals surface area contributed by atoms with Gasteiger partial charge in [0, 0.05) is 12.8 Å². The molecule has 2 fully saturated rings. The lowest BCUT2D eigenvalue weighted by Crippen LogP contribution is -2.10. The Hall–Kier alpha value is -1.16. The van der Waals surface area contributed by atoms with E-state index in [4.69, 9.17) is 4.74 Å². The fourth-order valence-electron chi connectivity index (χ4n) is 3.76. The first-order chi connectivity index (χ1) is 10.3. The van der Waals surface area contributed by atoms with Gasteiger partial charge in [0.2, 0.25) is 0 Å². The van der Waals surface area contributed by atoms with Gasteiger partial charge in [0.15, 0.2) is 0 Å². The SMILES string of the molecule is C=C=C(CC1CCCCC1)OC(=C=C)CC1CCCCC1. The maximum atomic E-state index is 6.04. The van der Waals surface area contributed by atoms with E-state index in [1.165, 1.54) is 64.2 Å². The minimum atomic E-state index is 0.753. The molecule has 0 saturated heterocycles. The molecule has 0 bridgehead atoms. The lowest BCUT2D eigenvalue weighted by atomic mass is 9.86. The van der Waals surface area contributed by atoms with E-state index in [1.807, 2.05) is 0 Å². The van der Waals surface area contributed by atoms with Crippen molar-refractivity contribution >= 4 is 0 Å². The van der Waals surface area contributed by atoms with Gasteiger partial charge in [-0.05, 0) is 37.5 Å². The van der Waals surface area contributed by atoms with Crippen LogP contribution in [0.5, 0.6) is 0 Å². The highest BCUT2D eigenvalue weighted by molar-refractivity contribution is 5.01. The second-order valence-corrected chi connectivity index (χ2v) is 6.72. The van der Waals surface area contributed by atoms with E-state index in [0.29, 0.717) is 0 Å². The fraction of sp³-hybridized carbons (Fsp3) is 0.700. The van der Waals surface area contributed by atoms with Gasteiger partial charge in [0.25, 0.3) is 0 Å². The molecule has 0 amide bonds. The molecule has 1 nitrogen and oxygen atoms in total. The Labute approximate surface area is 130 Å². The van der Waals surface area contributed by atoms with Crippen LogP contribution in [0.1, 0.15) is 77.0 Å². The maximum absolute atomic E-state index is 6.04. The summed E-state index contributed by atoms with van der Waals surface area (Å²) in [6.07, 6.45) is 15.5. The summed E-state index contributed by atoms with van der Waals surface area (Å²) < 4.78 is 6.04. The summed E-state index contributed by atoms with van der Waals surface area (Å²) in [6, 6.07) is 0. The van der Waals surface area contributed by atoms with Gasteiger partial charge >= 0.3 is 0 Å². The summed E-state index contributed by atoms with van der Waals surface area (Å²) in [7, 11) is 0. The van der Waals surface area contributed by atoms with Gasteiger partial charge in [-0.1, -0.05) is 63.1 Å². The van der Waals surface area contributed by atoms with Crippen LogP contribution in [0.2, 0.25) is 0 Å². The standard InChI is InChI=1S/C20H30O/c1-3-19(15-17-11-7-5-8-12-17)21-20(4-2)16-18-13-9-6-10-14-18/h17-18H,1-2,5-16H2. The average Bonchev–Trinajstić information content (AvgIpc) is 2.55. The van der Waals surface area contributed by atoms with E-state index in [-0.39, 0.29) is 0 Å². The van der Waals surface area contributed by atoms with E-state index >= 15 is 0 Å². The van der Waals surface area contributed by atoms with E-state index in [1.54, 1.807) is 0 Å². The molecular formula is C20H30O. The summed E-state index contributed by atoms with van der Waals surface area (Å²) in [5, 5.41) is 0. The van der Waals surface area contributed by atoms with Crippen molar-refractivity contribution in [1.29, 1.82) is 0 Å². The Morgan fingerprint density at radius 2 is 1.10 bits per heavy atom. The van der Waals surface area contributed by atoms with Crippen LogP contribution in [0, 0.1) is 11.8 Å². The Morgan fingerprint density at radius 3 is 1.43 bits per heavy atom. The number of hydrogen-bond acceptors (Lipinski definition) is 1. The van der Waals surface area contributed by atoms with Crippen LogP contribution in [-0.2, 0) is 4.74 Å². The largest absolute Gasteiger partial charge is 0.450 e. The van der Waals surface area contributed by atoms with Gasteiger partial charge in [-0.15, -0.1) is 0 Å². The first-order valence-electron chi connectivity index (χ1n) is 8.77. The molecule has 0 unspecified atom stereocenters.